The standard InChI is InChI=1S/C62H38N2OS/c1-3-15-40(16-4-1)62(41-17-5-2-6-18-41)53-23-11-7-19-45(53)46-33-31-43(37-54(46)62)64(44-32-34-49-48-21-10-14-26-57(48)66-58(49)38-44)42-29-27-39(28-30-42)60-52-36-35-50-47-20-9-13-25-56(47)65-61(50)59(52)51-22-8-12-24-55(51)63-60/h1-38H. The average molecular weight is 859 g/mol. The van der Waals surface area contributed by atoms with E-state index < -0.39 is 5.41 Å². The molecule has 0 unspecified atom stereocenters. The maximum Gasteiger partial charge on any atom is 0.144 e. The van der Waals surface area contributed by atoms with Crippen molar-refractivity contribution in [1.82, 2.24) is 4.98 Å². The molecule has 0 spiro atoms. The fraction of sp³-hybridized carbons (Fsp3) is 0.0161. The van der Waals surface area contributed by atoms with Gasteiger partial charge in [-0.1, -0.05) is 170 Å². The third-order valence-corrected chi connectivity index (χ3v) is 15.1. The molecule has 3 aromatic heterocycles. The van der Waals surface area contributed by atoms with Gasteiger partial charge in [0.15, 0.2) is 0 Å². The summed E-state index contributed by atoms with van der Waals surface area (Å²) in [5.74, 6) is 0. The van der Waals surface area contributed by atoms with Crippen molar-refractivity contribution >= 4 is 92.2 Å². The highest BCUT2D eigenvalue weighted by atomic mass is 32.1. The van der Waals surface area contributed by atoms with Gasteiger partial charge in [-0.05, 0) is 94.0 Å². The van der Waals surface area contributed by atoms with E-state index in [1.54, 1.807) is 0 Å². The molecular formula is C62H38N2OS. The van der Waals surface area contributed by atoms with Gasteiger partial charge in [-0.3, -0.25) is 0 Å². The van der Waals surface area contributed by atoms with Crippen molar-refractivity contribution in [2.45, 2.75) is 5.41 Å². The molecule has 1 aliphatic rings. The minimum Gasteiger partial charge on any atom is -0.455 e. The Hall–Kier alpha value is -8.31. The van der Waals surface area contributed by atoms with Crippen molar-refractivity contribution in [2.75, 3.05) is 4.90 Å². The quantitative estimate of drug-likeness (QED) is 0.156. The van der Waals surface area contributed by atoms with Gasteiger partial charge in [0, 0.05) is 69.7 Å². The van der Waals surface area contributed by atoms with Gasteiger partial charge in [-0.15, -0.1) is 11.3 Å². The Balaban J connectivity index is 0.985. The Morgan fingerprint density at radius 1 is 0.409 bits per heavy atom. The summed E-state index contributed by atoms with van der Waals surface area (Å²) in [6.45, 7) is 0. The SMILES string of the molecule is c1ccc(C2(c3ccccc3)c3ccccc3-c3ccc(N(c4ccc(-c5nc6ccccc6c6c5ccc5c7ccccc7oc56)cc4)c4ccc5c(c4)sc4ccccc45)cc32)cc1. The third-order valence-electron chi connectivity index (χ3n) is 13.9. The summed E-state index contributed by atoms with van der Waals surface area (Å²) >= 11 is 1.85. The van der Waals surface area contributed by atoms with Gasteiger partial charge in [0.1, 0.15) is 11.2 Å². The van der Waals surface area contributed by atoms with E-state index in [4.69, 9.17) is 9.40 Å². The molecule has 0 radical (unpaired) electrons. The normalized spacial score (nSPS) is 13.0. The Kier molecular flexibility index (Phi) is 8.07. The van der Waals surface area contributed by atoms with E-state index in [1.165, 1.54) is 53.6 Å². The van der Waals surface area contributed by atoms with Gasteiger partial charge in [0.25, 0.3) is 0 Å². The van der Waals surface area contributed by atoms with E-state index >= 15 is 0 Å². The number of nitrogens with zero attached hydrogens (tertiary/aromatic N) is 2. The smallest absolute Gasteiger partial charge is 0.144 e. The highest BCUT2D eigenvalue weighted by Crippen LogP contribution is 2.57. The lowest BCUT2D eigenvalue weighted by molar-refractivity contribution is 0.673. The van der Waals surface area contributed by atoms with E-state index in [9.17, 15) is 0 Å². The van der Waals surface area contributed by atoms with E-state index in [0.29, 0.717) is 0 Å². The third kappa shape index (κ3) is 5.34. The first-order chi connectivity index (χ1) is 32.7. The molecule has 0 N–H and O–H groups in total. The highest BCUT2D eigenvalue weighted by Gasteiger charge is 2.46. The molecule has 13 aromatic rings. The van der Waals surface area contributed by atoms with Crippen LogP contribution < -0.4 is 4.90 Å². The van der Waals surface area contributed by atoms with Gasteiger partial charge in [0.05, 0.1) is 16.6 Å². The molecule has 14 rings (SSSR count). The molecule has 0 fully saturated rings. The highest BCUT2D eigenvalue weighted by molar-refractivity contribution is 7.25. The van der Waals surface area contributed by atoms with Crippen molar-refractivity contribution < 1.29 is 4.42 Å². The van der Waals surface area contributed by atoms with Gasteiger partial charge in [0.2, 0.25) is 0 Å². The summed E-state index contributed by atoms with van der Waals surface area (Å²) < 4.78 is 9.21. The molecule has 10 aromatic carbocycles. The first-order valence-electron chi connectivity index (χ1n) is 22.5. The van der Waals surface area contributed by atoms with Gasteiger partial charge < -0.3 is 9.32 Å². The van der Waals surface area contributed by atoms with Gasteiger partial charge in [-0.2, -0.15) is 0 Å². The number of rotatable bonds is 6. The van der Waals surface area contributed by atoms with Crippen LogP contribution in [-0.2, 0) is 5.41 Å². The monoisotopic (exact) mass is 858 g/mol. The van der Waals surface area contributed by atoms with Crippen LogP contribution in [0.5, 0.6) is 0 Å². The maximum atomic E-state index is 6.65. The van der Waals surface area contributed by atoms with Crippen LogP contribution in [0.1, 0.15) is 22.3 Å². The van der Waals surface area contributed by atoms with Crippen molar-refractivity contribution in [1.29, 1.82) is 0 Å². The van der Waals surface area contributed by atoms with Crippen LogP contribution in [0.15, 0.2) is 235 Å². The molecule has 0 bridgehead atoms. The number of anilines is 3. The van der Waals surface area contributed by atoms with Crippen molar-refractivity contribution in [3.05, 3.63) is 253 Å². The van der Waals surface area contributed by atoms with Crippen LogP contribution in [0.3, 0.4) is 0 Å². The Morgan fingerprint density at radius 2 is 1.00 bits per heavy atom. The van der Waals surface area contributed by atoms with Crippen LogP contribution in [-0.4, -0.2) is 4.98 Å². The summed E-state index contributed by atoms with van der Waals surface area (Å²) in [5, 5.41) is 8.04. The summed E-state index contributed by atoms with van der Waals surface area (Å²) in [6, 6.07) is 84.0. The van der Waals surface area contributed by atoms with E-state index in [0.717, 1.165) is 71.9 Å². The van der Waals surface area contributed by atoms with Crippen molar-refractivity contribution in [3.8, 4) is 22.4 Å². The topological polar surface area (TPSA) is 29.3 Å². The van der Waals surface area contributed by atoms with Crippen LogP contribution in [0.4, 0.5) is 17.1 Å². The zero-order valence-electron chi connectivity index (χ0n) is 35.7. The van der Waals surface area contributed by atoms with E-state index in [-0.39, 0.29) is 0 Å². The van der Waals surface area contributed by atoms with Crippen LogP contribution >= 0.6 is 11.3 Å². The molecule has 0 saturated carbocycles. The molecule has 66 heavy (non-hydrogen) atoms. The molecular weight excluding hydrogens is 821 g/mol. The fourth-order valence-electron chi connectivity index (χ4n) is 11.1. The number of pyridine rings is 1. The maximum absolute atomic E-state index is 6.65. The minimum atomic E-state index is -0.524. The predicted octanol–water partition coefficient (Wildman–Crippen LogP) is 17.2. The minimum absolute atomic E-state index is 0.524. The van der Waals surface area contributed by atoms with Crippen LogP contribution in [0.25, 0.3) is 86.2 Å². The molecule has 3 nitrogen and oxygen atoms in total. The second-order valence-corrected chi connectivity index (χ2v) is 18.4. The zero-order chi connectivity index (χ0) is 43.3. The van der Waals surface area contributed by atoms with Gasteiger partial charge >= 0.3 is 0 Å². The largest absolute Gasteiger partial charge is 0.455 e. The lowest BCUT2D eigenvalue weighted by Crippen LogP contribution is -2.28. The van der Waals surface area contributed by atoms with Gasteiger partial charge in [-0.25, -0.2) is 4.98 Å². The average Bonchev–Trinajstić information content (AvgIpc) is 4.05. The predicted molar refractivity (Wildman–Crippen MR) is 277 cm³/mol. The van der Waals surface area contributed by atoms with Crippen molar-refractivity contribution in [2.24, 2.45) is 0 Å². The summed E-state index contributed by atoms with van der Waals surface area (Å²) in [6.07, 6.45) is 0. The van der Waals surface area contributed by atoms with Crippen molar-refractivity contribution in [3.63, 3.8) is 0 Å². The summed E-state index contributed by atoms with van der Waals surface area (Å²) in [7, 11) is 0. The number of hydrogen-bond acceptors (Lipinski definition) is 4. The lowest BCUT2D eigenvalue weighted by atomic mass is 9.67. The second kappa shape index (κ2) is 14.3. The second-order valence-electron chi connectivity index (χ2n) is 17.4. The molecule has 1 aliphatic carbocycles. The molecule has 0 saturated heterocycles. The number of para-hydroxylation sites is 2. The van der Waals surface area contributed by atoms with E-state index in [2.05, 4.69) is 229 Å². The number of aromatic nitrogens is 1. The van der Waals surface area contributed by atoms with Crippen LogP contribution in [0, 0.1) is 0 Å². The summed E-state index contributed by atoms with van der Waals surface area (Å²) in [5.41, 5.74) is 15.0. The van der Waals surface area contributed by atoms with Crippen LogP contribution in [0.2, 0.25) is 0 Å². The Labute approximate surface area is 385 Å². The number of hydrogen-bond donors (Lipinski definition) is 0. The first-order valence-corrected chi connectivity index (χ1v) is 23.3. The molecule has 0 amide bonds. The number of benzene rings is 10. The Morgan fingerprint density at radius 3 is 1.82 bits per heavy atom. The molecule has 0 atom stereocenters. The fourth-order valence-corrected chi connectivity index (χ4v) is 12.2. The molecule has 3 heterocycles. The number of thiophene rings is 1. The summed E-state index contributed by atoms with van der Waals surface area (Å²) in [4.78, 5) is 7.79. The number of furan rings is 1. The first kappa shape index (κ1) is 37.1. The van der Waals surface area contributed by atoms with E-state index in [1.807, 2.05) is 17.4 Å². The molecule has 0 aliphatic heterocycles. The molecule has 308 valence electrons. The zero-order valence-corrected chi connectivity index (χ0v) is 36.5. The molecule has 4 heteroatoms. The number of fused-ring (bicyclic) bond motifs is 13. The lowest BCUT2D eigenvalue weighted by Gasteiger charge is -2.35. The Bertz CT molecular complexity index is 4020.